The van der Waals surface area contributed by atoms with E-state index in [0.717, 1.165) is 22.3 Å². The normalized spacial score (nSPS) is 12.6. The van der Waals surface area contributed by atoms with Gasteiger partial charge in [0.15, 0.2) is 6.10 Å². The second-order valence-corrected chi connectivity index (χ2v) is 4.22. The molecule has 6 heteroatoms. The maximum atomic E-state index is 11.1. The Morgan fingerprint density at radius 3 is 2.75 bits per heavy atom. The maximum absolute atomic E-state index is 11.1. The first kappa shape index (κ1) is 13.2. The van der Waals surface area contributed by atoms with Crippen molar-refractivity contribution in [2.45, 2.75) is 25.9 Å². The van der Waals surface area contributed by atoms with Gasteiger partial charge in [0.05, 0.1) is 23.0 Å². The molecule has 0 bridgehead atoms. The lowest BCUT2D eigenvalue weighted by Gasteiger charge is -2.08. The molecule has 1 atom stereocenters. The summed E-state index contributed by atoms with van der Waals surface area (Å²) in [5, 5.41) is 13.8. The average Bonchev–Trinajstić information content (AvgIpc) is 2.55. The number of halogens is 1. The van der Waals surface area contributed by atoms with Crippen LogP contribution in [0, 0.1) is 0 Å². The summed E-state index contributed by atoms with van der Waals surface area (Å²) in [6.07, 6.45) is -0.166. The first-order valence-corrected chi connectivity index (χ1v) is 5.76. The van der Waals surface area contributed by atoms with Crippen LogP contribution >= 0.6 is 15.9 Å². The molecule has 1 rings (SSSR count). The standard InChI is InChI=1S/C10H15BrN2O3/c1-4-6-9(11)7(13(2)12-6)5-8(14)10(15)16-3/h8,14H,4-5H2,1-3H3. The number of methoxy groups -OCH3 is 1. The molecule has 1 aromatic rings. The van der Waals surface area contributed by atoms with Gasteiger partial charge in [-0.15, -0.1) is 0 Å². The van der Waals surface area contributed by atoms with E-state index in [9.17, 15) is 9.90 Å². The van der Waals surface area contributed by atoms with Crippen LogP contribution in [0.5, 0.6) is 0 Å². The minimum atomic E-state index is -1.15. The molecule has 0 fully saturated rings. The molecule has 1 unspecified atom stereocenters. The van der Waals surface area contributed by atoms with Crippen molar-refractivity contribution in [3.8, 4) is 0 Å². The first-order valence-electron chi connectivity index (χ1n) is 4.97. The fraction of sp³-hybridized carbons (Fsp3) is 0.600. The summed E-state index contributed by atoms with van der Waals surface area (Å²) in [6, 6.07) is 0. The number of carbonyl (C=O) groups is 1. The van der Waals surface area contributed by atoms with E-state index in [0.29, 0.717) is 0 Å². The van der Waals surface area contributed by atoms with Gasteiger partial charge in [0, 0.05) is 13.5 Å². The van der Waals surface area contributed by atoms with Crippen LogP contribution in [0.2, 0.25) is 0 Å². The summed E-state index contributed by atoms with van der Waals surface area (Å²) in [7, 11) is 3.03. The molecule has 0 aliphatic carbocycles. The lowest BCUT2D eigenvalue weighted by molar-refractivity contribution is -0.150. The molecule has 1 aromatic heterocycles. The van der Waals surface area contributed by atoms with E-state index in [2.05, 4.69) is 25.8 Å². The highest BCUT2D eigenvalue weighted by atomic mass is 79.9. The number of aliphatic hydroxyl groups is 1. The fourth-order valence-corrected chi connectivity index (χ4v) is 2.22. The van der Waals surface area contributed by atoms with Crippen molar-refractivity contribution in [3.63, 3.8) is 0 Å². The molecule has 16 heavy (non-hydrogen) atoms. The molecule has 90 valence electrons. The number of hydrogen-bond donors (Lipinski definition) is 1. The highest BCUT2D eigenvalue weighted by Gasteiger charge is 2.21. The Kier molecular flexibility index (Phi) is 4.49. The van der Waals surface area contributed by atoms with Crippen LogP contribution in [0.25, 0.3) is 0 Å². The summed E-state index contributed by atoms with van der Waals surface area (Å²) in [4.78, 5) is 11.1. The highest BCUT2D eigenvalue weighted by Crippen LogP contribution is 2.22. The van der Waals surface area contributed by atoms with E-state index >= 15 is 0 Å². The highest BCUT2D eigenvalue weighted by molar-refractivity contribution is 9.10. The van der Waals surface area contributed by atoms with Crippen molar-refractivity contribution in [3.05, 3.63) is 15.9 Å². The SMILES string of the molecule is CCc1nn(C)c(CC(O)C(=O)OC)c1Br. The van der Waals surface area contributed by atoms with Gasteiger partial charge in [-0.2, -0.15) is 5.10 Å². The zero-order valence-electron chi connectivity index (χ0n) is 9.53. The van der Waals surface area contributed by atoms with Crippen molar-refractivity contribution in [1.29, 1.82) is 0 Å². The zero-order chi connectivity index (χ0) is 12.3. The smallest absolute Gasteiger partial charge is 0.335 e. The molecule has 1 heterocycles. The van der Waals surface area contributed by atoms with Crippen molar-refractivity contribution < 1.29 is 14.6 Å². The molecular weight excluding hydrogens is 276 g/mol. The number of aryl methyl sites for hydroxylation is 2. The summed E-state index contributed by atoms with van der Waals surface area (Å²) >= 11 is 3.42. The Labute approximate surface area is 103 Å². The monoisotopic (exact) mass is 290 g/mol. The summed E-state index contributed by atoms with van der Waals surface area (Å²) in [6.45, 7) is 1.99. The third-order valence-electron chi connectivity index (χ3n) is 2.36. The van der Waals surface area contributed by atoms with Crippen molar-refractivity contribution in [1.82, 2.24) is 9.78 Å². The zero-order valence-corrected chi connectivity index (χ0v) is 11.1. The van der Waals surface area contributed by atoms with Crippen LogP contribution in [0.4, 0.5) is 0 Å². The average molecular weight is 291 g/mol. The molecule has 0 saturated carbocycles. The minimum absolute atomic E-state index is 0.191. The molecule has 5 nitrogen and oxygen atoms in total. The van der Waals surface area contributed by atoms with Crippen LogP contribution in [-0.2, 0) is 29.4 Å². The Morgan fingerprint density at radius 2 is 2.31 bits per heavy atom. The number of aromatic nitrogens is 2. The number of aliphatic hydroxyl groups excluding tert-OH is 1. The molecule has 0 spiro atoms. The molecule has 0 saturated heterocycles. The number of carbonyl (C=O) groups excluding carboxylic acids is 1. The number of hydrogen-bond acceptors (Lipinski definition) is 4. The number of ether oxygens (including phenoxy) is 1. The molecule has 0 amide bonds. The summed E-state index contributed by atoms with van der Waals surface area (Å²) in [5.74, 6) is -0.633. The lowest BCUT2D eigenvalue weighted by Crippen LogP contribution is -2.25. The number of esters is 1. The van der Waals surface area contributed by atoms with Crippen molar-refractivity contribution in [2.75, 3.05) is 7.11 Å². The fourth-order valence-electron chi connectivity index (χ4n) is 1.44. The molecule has 0 aliphatic rings. The van der Waals surface area contributed by atoms with Gasteiger partial charge in [-0.3, -0.25) is 4.68 Å². The van der Waals surface area contributed by atoms with Crippen LogP contribution in [0.3, 0.4) is 0 Å². The van der Waals surface area contributed by atoms with E-state index < -0.39 is 12.1 Å². The van der Waals surface area contributed by atoms with Gasteiger partial charge in [0.1, 0.15) is 0 Å². The lowest BCUT2D eigenvalue weighted by atomic mass is 10.2. The molecule has 0 aromatic carbocycles. The largest absolute Gasteiger partial charge is 0.467 e. The van der Waals surface area contributed by atoms with Gasteiger partial charge in [-0.1, -0.05) is 6.92 Å². The van der Waals surface area contributed by atoms with Crippen LogP contribution in [0.1, 0.15) is 18.3 Å². The van der Waals surface area contributed by atoms with Gasteiger partial charge < -0.3 is 9.84 Å². The molecular formula is C10H15BrN2O3. The topological polar surface area (TPSA) is 64.3 Å². The van der Waals surface area contributed by atoms with Crippen molar-refractivity contribution in [2.24, 2.45) is 7.05 Å². The Hall–Kier alpha value is -0.880. The van der Waals surface area contributed by atoms with Gasteiger partial charge in [-0.05, 0) is 22.4 Å². The number of nitrogens with zero attached hydrogens (tertiary/aromatic N) is 2. The van der Waals surface area contributed by atoms with Crippen LogP contribution in [0.15, 0.2) is 4.47 Å². The third kappa shape index (κ3) is 2.62. The van der Waals surface area contributed by atoms with Crippen LogP contribution in [-0.4, -0.2) is 34.1 Å². The van der Waals surface area contributed by atoms with Crippen LogP contribution < -0.4 is 0 Å². The minimum Gasteiger partial charge on any atom is -0.467 e. The van der Waals surface area contributed by atoms with E-state index in [-0.39, 0.29) is 6.42 Å². The third-order valence-corrected chi connectivity index (χ3v) is 3.28. The Balaban J connectivity index is 2.89. The van der Waals surface area contributed by atoms with E-state index in [1.165, 1.54) is 7.11 Å². The maximum Gasteiger partial charge on any atom is 0.335 e. The molecule has 0 aliphatic heterocycles. The predicted octanol–water partition coefficient (Wildman–Crippen LogP) is 0.821. The van der Waals surface area contributed by atoms with E-state index in [4.69, 9.17) is 0 Å². The van der Waals surface area contributed by atoms with Gasteiger partial charge in [-0.25, -0.2) is 4.79 Å². The van der Waals surface area contributed by atoms with E-state index in [1.54, 1.807) is 11.7 Å². The second kappa shape index (κ2) is 5.45. The molecule has 1 N–H and O–H groups in total. The van der Waals surface area contributed by atoms with Gasteiger partial charge >= 0.3 is 5.97 Å². The summed E-state index contributed by atoms with van der Waals surface area (Å²) in [5.41, 5.74) is 1.70. The van der Waals surface area contributed by atoms with Gasteiger partial charge in [0.25, 0.3) is 0 Å². The summed E-state index contributed by atoms with van der Waals surface area (Å²) < 4.78 is 6.97. The first-order chi connectivity index (χ1) is 7.51. The van der Waals surface area contributed by atoms with Crippen molar-refractivity contribution >= 4 is 21.9 Å². The van der Waals surface area contributed by atoms with E-state index in [1.807, 2.05) is 6.92 Å². The second-order valence-electron chi connectivity index (χ2n) is 3.43. The Morgan fingerprint density at radius 1 is 1.69 bits per heavy atom. The Bertz CT molecular complexity index is 390. The molecule has 0 radical (unpaired) electrons. The van der Waals surface area contributed by atoms with Gasteiger partial charge in [0.2, 0.25) is 0 Å². The quantitative estimate of drug-likeness (QED) is 0.834. The predicted molar refractivity (Wildman–Crippen MR) is 62.0 cm³/mol. The number of rotatable bonds is 4.